The van der Waals surface area contributed by atoms with Gasteiger partial charge in [0, 0.05) is 18.5 Å². The number of rotatable bonds is 2. The Balaban J connectivity index is 2.06. The number of hydrogen-bond donors (Lipinski definition) is 0. The molecule has 3 heteroatoms. The van der Waals surface area contributed by atoms with Crippen LogP contribution in [0.4, 0.5) is 0 Å². The van der Waals surface area contributed by atoms with Gasteiger partial charge in [0.15, 0.2) is 5.75 Å². The molecule has 0 amide bonds. The van der Waals surface area contributed by atoms with E-state index in [1.165, 1.54) is 5.56 Å². The molecular formula is C11H15NO2. The van der Waals surface area contributed by atoms with Crippen molar-refractivity contribution in [1.29, 1.82) is 0 Å². The monoisotopic (exact) mass is 193 g/mol. The molecule has 1 unspecified atom stereocenters. The molecule has 14 heavy (non-hydrogen) atoms. The van der Waals surface area contributed by atoms with Crippen LogP contribution in [0.25, 0.3) is 0 Å². The minimum absolute atomic E-state index is 0.139. The largest absolute Gasteiger partial charge is 0.337 e. The third-order valence-corrected chi connectivity index (χ3v) is 2.26. The molecular weight excluding hydrogens is 178 g/mol. The number of nitrogens with zero attached hydrogens (tertiary/aromatic N) is 1. The van der Waals surface area contributed by atoms with Gasteiger partial charge in [0.25, 0.3) is 0 Å². The Hall–Kier alpha value is -1.06. The fourth-order valence-corrected chi connectivity index (χ4v) is 1.66. The Morgan fingerprint density at radius 3 is 2.93 bits per heavy atom. The first kappa shape index (κ1) is 9.49. The van der Waals surface area contributed by atoms with Gasteiger partial charge < -0.3 is 9.79 Å². The molecule has 0 saturated heterocycles. The quantitative estimate of drug-likeness (QED) is 0.664. The standard InChI is InChI=1S/C11H15NO2/c1-12(2)8-10-7-9-5-3-4-6-11(9)14-13-10/h3-6,10H,7-8H2,1-2H3. The topological polar surface area (TPSA) is 21.7 Å². The average Bonchev–Trinajstić information content (AvgIpc) is 2.17. The molecule has 0 aromatic heterocycles. The zero-order valence-electron chi connectivity index (χ0n) is 8.56. The maximum absolute atomic E-state index is 5.27. The molecule has 1 aliphatic heterocycles. The number of para-hydroxylation sites is 1. The lowest BCUT2D eigenvalue weighted by Gasteiger charge is -2.25. The van der Waals surface area contributed by atoms with Crippen molar-refractivity contribution < 1.29 is 9.78 Å². The second-order valence-electron chi connectivity index (χ2n) is 3.88. The van der Waals surface area contributed by atoms with Gasteiger partial charge in [0.05, 0.1) is 0 Å². The van der Waals surface area contributed by atoms with Crippen LogP contribution in [0.15, 0.2) is 24.3 Å². The Morgan fingerprint density at radius 2 is 2.14 bits per heavy atom. The number of hydrogen-bond acceptors (Lipinski definition) is 3. The van der Waals surface area contributed by atoms with Crippen LogP contribution in [0.3, 0.4) is 0 Å². The molecule has 0 radical (unpaired) electrons. The molecule has 0 spiro atoms. The zero-order valence-corrected chi connectivity index (χ0v) is 8.56. The molecule has 1 aromatic rings. The number of fused-ring (bicyclic) bond motifs is 1. The summed E-state index contributed by atoms with van der Waals surface area (Å²) in [5.41, 5.74) is 1.23. The van der Waals surface area contributed by atoms with Crippen molar-refractivity contribution in [2.75, 3.05) is 20.6 Å². The fraction of sp³-hybridized carbons (Fsp3) is 0.455. The Morgan fingerprint density at radius 1 is 1.36 bits per heavy atom. The normalized spacial score (nSPS) is 20.4. The summed E-state index contributed by atoms with van der Waals surface area (Å²) < 4.78 is 0. The molecule has 0 saturated carbocycles. The SMILES string of the molecule is CN(C)CC1Cc2ccccc2OO1. The van der Waals surface area contributed by atoms with E-state index in [4.69, 9.17) is 9.78 Å². The molecule has 2 rings (SSSR count). The zero-order chi connectivity index (χ0) is 9.97. The molecule has 1 heterocycles. The van der Waals surface area contributed by atoms with Gasteiger partial charge in [-0.05, 0) is 20.2 Å². The molecule has 0 N–H and O–H groups in total. The second kappa shape index (κ2) is 3.98. The summed E-state index contributed by atoms with van der Waals surface area (Å²) >= 11 is 0. The molecule has 76 valence electrons. The van der Waals surface area contributed by atoms with Crippen molar-refractivity contribution in [2.24, 2.45) is 0 Å². The van der Waals surface area contributed by atoms with Crippen molar-refractivity contribution in [2.45, 2.75) is 12.5 Å². The summed E-state index contributed by atoms with van der Waals surface area (Å²) in [5.74, 6) is 0.850. The highest BCUT2D eigenvalue weighted by atomic mass is 17.2. The van der Waals surface area contributed by atoms with E-state index in [-0.39, 0.29) is 6.10 Å². The predicted molar refractivity (Wildman–Crippen MR) is 54.2 cm³/mol. The molecule has 3 nitrogen and oxygen atoms in total. The Bertz CT molecular complexity index is 312. The van der Waals surface area contributed by atoms with Gasteiger partial charge in [-0.25, -0.2) is 0 Å². The van der Waals surface area contributed by atoms with Crippen LogP contribution in [0.5, 0.6) is 5.75 Å². The minimum atomic E-state index is 0.139. The van der Waals surface area contributed by atoms with E-state index >= 15 is 0 Å². The number of likely N-dealkylation sites (N-methyl/N-ethyl adjacent to an activating group) is 1. The van der Waals surface area contributed by atoms with Gasteiger partial charge in [-0.1, -0.05) is 18.2 Å². The minimum Gasteiger partial charge on any atom is -0.337 e. The van der Waals surface area contributed by atoms with E-state index in [0.29, 0.717) is 0 Å². The van der Waals surface area contributed by atoms with Crippen LogP contribution in [-0.4, -0.2) is 31.6 Å². The first-order valence-corrected chi connectivity index (χ1v) is 4.81. The van der Waals surface area contributed by atoms with Crippen LogP contribution >= 0.6 is 0 Å². The number of benzene rings is 1. The highest BCUT2D eigenvalue weighted by Crippen LogP contribution is 2.25. The van der Waals surface area contributed by atoms with E-state index in [9.17, 15) is 0 Å². The van der Waals surface area contributed by atoms with Gasteiger partial charge in [0.2, 0.25) is 0 Å². The van der Waals surface area contributed by atoms with E-state index in [2.05, 4.69) is 11.0 Å². The fourth-order valence-electron chi connectivity index (χ4n) is 1.66. The van der Waals surface area contributed by atoms with Crippen molar-refractivity contribution in [3.63, 3.8) is 0 Å². The second-order valence-corrected chi connectivity index (χ2v) is 3.88. The third-order valence-electron chi connectivity index (χ3n) is 2.26. The van der Waals surface area contributed by atoms with Crippen LogP contribution in [0, 0.1) is 0 Å². The maximum Gasteiger partial charge on any atom is 0.168 e. The molecule has 1 aliphatic rings. The maximum atomic E-state index is 5.27. The van der Waals surface area contributed by atoms with Crippen LogP contribution in [0.2, 0.25) is 0 Å². The summed E-state index contributed by atoms with van der Waals surface area (Å²) in [6.07, 6.45) is 1.06. The molecule has 1 atom stereocenters. The summed E-state index contributed by atoms with van der Waals surface area (Å²) in [4.78, 5) is 12.6. The first-order chi connectivity index (χ1) is 6.75. The van der Waals surface area contributed by atoms with Gasteiger partial charge in [-0.3, -0.25) is 0 Å². The van der Waals surface area contributed by atoms with Gasteiger partial charge in [-0.2, -0.15) is 4.89 Å². The summed E-state index contributed by atoms with van der Waals surface area (Å²) in [6, 6.07) is 8.00. The van der Waals surface area contributed by atoms with Crippen molar-refractivity contribution >= 4 is 0 Å². The first-order valence-electron chi connectivity index (χ1n) is 4.81. The summed E-state index contributed by atoms with van der Waals surface area (Å²) in [7, 11) is 4.06. The van der Waals surface area contributed by atoms with E-state index < -0.39 is 0 Å². The summed E-state index contributed by atoms with van der Waals surface area (Å²) in [5, 5.41) is 0. The van der Waals surface area contributed by atoms with Crippen LogP contribution in [-0.2, 0) is 11.3 Å². The molecule has 0 aliphatic carbocycles. The van der Waals surface area contributed by atoms with Gasteiger partial charge >= 0.3 is 0 Å². The van der Waals surface area contributed by atoms with Gasteiger partial charge in [0.1, 0.15) is 6.10 Å². The Labute approximate surface area is 84.2 Å². The van der Waals surface area contributed by atoms with Crippen molar-refractivity contribution in [3.05, 3.63) is 29.8 Å². The molecule has 0 bridgehead atoms. The summed E-state index contributed by atoms with van der Waals surface area (Å²) in [6.45, 7) is 0.883. The predicted octanol–water partition coefficient (Wildman–Crippen LogP) is 1.48. The van der Waals surface area contributed by atoms with Crippen molar-refractivity contribution in [1.82, 2.24) is 4.90 Å². The van der Waals surface area contributed by atoms with Gasteiger partial charge in [-0.15, -0.1) is 0 Å². The highest BCUT2D eigenvalue weighted by molar-refractivity contribution is 5.34. The van der Waals surface area contributed by atoms with E-state index in [1.54, 1.807) is 0 Å². The average molecular weight is 193 g/mol. The molecule has 1 aromatic carbocycles. The highest BCUT2D eigenvalue weighted by Gasteiger charge is 2.21. The van der Waals surface area contributed by atoms with E-state index in [1.807, 2.05) is 32.3 Å². The lowest BCUT2D eigenvalue weighted by atomic mass is 10.1. The lowest BCUT2D eigenvalue weighted by molar-refractivity contribution is -0.256. The lowest BCUT2D eigenvalue weighted by Crippen LogP contribution is -2.33. The smallest absolute Gasteiger partial charge is 0.168 e. The van der Waals surface area contributed by atoms with Crippen LogP contribution < -0.4 is 4.89 Å². The van der Waals surface area contributed by atoms with Crippen LogP contribution in [0.1, 0.15) is 5.56 Å². The van der Waals surface area contributed by atoms with Crippen molar-refractivity contribution in [3.8, 4) is 5.75 Å². The van der Waals surface area contributed by atoms with E-state index in [0.717, 1.165) is 18.7 Å². The Kier molecular flexibility index (Phi) is 2.70. The molecule has 0 fully saturated rings. The third kappa shape index (κ3) is 2.05.